The summed E-state index contributed by atoms with van der Waals surface area (Å²) in [5.74, 6) is -0.112. The average Bonchev–Trinajstić information content (AvgIpc) is 3.15. The van der Waals surface area contributed by atoms with Gasteiger partial charge in [0.1, 0.15) is 27.3 Å². The minimum absolute atomic E-state index is 0.0970. The van der Waals surface area contributed by atoms with E-state index in [0.717, 1.165) is 16.1 Å². The minimum atomic E-state index is -0.397. The van der Waals surface area contributed by atoms with Gasteiger partial charge in [-0.3, -0.25) is 15.0 Å². The van der Waals surface area contributed by atoms with Crippen molar-refractivity contribution in [3.05, 3.63) is 48.9 Å². The number of hydrogen-bond donors (Lipinski definition) is 3. The molecule has 0 aromatic carbocycles. The van der Waals surface area contributed by atoms with Crippen LogP contribution in [-0.4, -0.2) is 20.9 Å². The summed E-state index contributed by atoms with van der Waals surface area (Å²) < 4.78 is 0. The van der Waals surface area contributed by atoms with Crippen molar-refractivity contribution in [2.75, 3.05) is 0 Å². The molecule has 138 valence electrons. The van der Waals surface area contributed by atoms with Gasteiger partial charge in [0.05, 0.1) is 11.8 Å². The Labute approximate surface area is 162 Å². The second-order valence-electron chi connectivity index (χ2n) is 5.81. The van der Waals surface area contributed by atoms with Crippen molar-refractivity contribution in [1.29, 1.82) is 5.26 Å². The van der Waals surface area contributed by atoms with E-state index >= 15 is 0 Å². The summed E-state index contributed by atoms with van der Waals surface area (Å²) in [6, 6.07) is 2.03. The fourth-order valence-corrected chi connectivity index (χ4v) is 4.20. The zero-order chi connectivity index (χ0) is 19.6. The van der Waals surface area contributed by atoms with Gasteiger partial charge in [0.25, 0.3) is 5.56 Å². The molecule has 27 heavy (non-hydrogen) atoms. The fourth-order valence-electron chi connectivity index (χ4n) is 2.39. The summed E-state index contributed by atoms with van der Waals surface area (Å²) in [5.41, 5.74) is 6.85. The SMILES string of the molecule is Cc1csc(/C(C#N)=C/NNC(=O)Cc2nc3sc(C)c(C)c3c(=O)[nH]2)n1. The van der Waals surface area contributed by atoms with Crippen molar-refractivity contribution in [3.63, 3.8) is 0 Å². The largest absolute Gasteiger partial charge is 0.309 e. The van der Waals surface area contributed by atoms with Crippen molar-refractivity contribution in [3.8, 4) is 6.07 Å². The van der Waals surface area contributed by atoms with Gasteiger partial charge in [0.15, 0.2) is 0 Å². The number of thiophene rings is 1. The molecule has 0 saturated carbocycles. The number of hydrazine groups is 1. The first-order valence-electron chi connectivity index (χ1n) is 7.95. The summed E-state index contributed by atoms with van der Waals surface area (Å²) in [7, 11) is 0. The number of hydrogen-bond acceptors (Lipinski definition) is 8. The van der Waals surface area contributed by atoms with Gasteiger partial charge in [-0.25, -0.2) is 9.97 Å². The highest BCUT2D eigenvalue weighted by Crippen LogP contribution is 2.25. The number of thiazole rings is 1. The molecule has 0 radical (unpaired) electrons. The Morgan fingerprint density at radius 2 is 2.15 bits per heavy atom. The van der Waals surface area contributed by atoms with Crippen LogP contribution in [0.25, 0.3) is 15.8 Å². The third-order valence-electron chi connectivity index (χ3n) is 3.81. The van der Waals surface area contributed by atoms with Crippen LogP contribution in [0.1, 0.15) is 27.0 Å². The lowest BCUT2D eigenvalue weighted by Crippen LogP contribution is -2.35. The summed E-state index contributed by atoms with van der Waals surface area (Å²) in [6.45, 7) is 5.65. The number of aryl methyl sites for hydroxylation is 3. The second-order valence-corrected chi connectivity index (χ2v) is 7.87. The van der Waals surface area contributed by atoms with Crippen LogP contribution in [0.3, 0.4) is 0 Å². The van der Waals surface area contributed by atoms with E-state index in [1.165, 1.54) is 28.9 Å². The van der Waals surface area contributed by atoms with E-state index in [4.69, 9.17) is 0 Å². The highest BCUT2D eigenvalue weighted by atomic mass is 32.1. The molecule has 0 saturated heterocycles. The lowest BCUT2D eigenvalue weighted by molar-refractivity contribution is -0.121. The van der Waals surface area contributed by atoms with Crippen molar-refractivity contribution >= 4 is 44.4 Å². The highest BCUT2D eigenvalue weighted by molar-refractivity contribution is 7.18. The molecule has 0 aliphatic heterocycles. The number of aromatic nitrogens is 3. The predicted octanol–water partition coefficient (Wildman–Crippen LogP) is 2.09. The summed E-state index contributed by atoms with van der Waals surface area (Å²) in [5, 5.41) is 12.2. The van der Waals surface area contributed by atoms with Crippen molar-refractivity contribution in [2.24, 2.45) is 0 Å². The van der Waals surface area contributed by atoms with Crippen LogP contribution in [0.2, 0.25) is 0 Å². The van der Waals surface area contributed by atoms with Crippen LogP contribution in [0.5, 0.6) is 0 Å². The van der Waals surface area contributed by atoms with Gasteiger partial charge in [-0.05, 0) is 26.3 Å². The molecule has 0 fully saturated rings. The molecule has 8 nitrogen and oxygen atoms in total. The molecule has 1 amide bonds. The molecule has 3 rings (SSSR count). The van der Waals surface area contributed by atoms with E-state index in [0.29, 0.717) is 20.8 Å². The Morgan fingerprint density at radius 1 is 1.37 bits per heavy atom. The number of nitriles is 1. The highest BCUT2D eigenvalue weighted by Gasteiger charge is 2.13. The third kappa shape index (κ3) is 4.05. The molecular formula is C17H16N6O2S2. The van der Waals surface area contributed by atoms with Crippen LogP contribution in [-0.2, 0) is 11.2 Å². The third-order valence-corrected chi connectivity index (χ3v) is 5.91. The predicted molar refractivity (Wildman–Crippen MR) is 105 cm³/mol. The first-order chi connectivity index (χ1) is 12.9. The molecule has 0 atom stereocenters. The van der Waals surface area contributed by atoms with Gasteiger partial charge in [-0.1, -0.05) is 0 Å². The Bertz CT molecular complexity index is 1150. The number of aromatic amines is 1. The molecule has 3 aromatic rings. The van der Waals surface area contributed by atoms with Gasteiger partial charge in [-0.2, -0.15) is 5.26 Å². The molecule has 3 aromatic heterocycles. The maximum atomic E-state index is 12.2. The van der Waals surface area contributed by atoms with E-state index in [1.54, 1.807) is 0 Å². The summed E-state index contributed by atoms with van der Waals surface area (Å²) in [4.78, 5) is 37.2. The van der Waals surface area contributed by atoms with Gasteiger partial charge < -0.3 is 10.4 Å². The zero-order valence-electron chi connectivity index (χ0n) is 14.8. The Kier molecular flexibility index (Phi) is 5.34. The van der Waals surface area contributed by atoms with Gasteiger partial charge in [0.2, 0.25) is 5.91 Å². The van der Waals surface area contributed by atoms with Crippen LogP contribution >= 0.6 is 22.7 Å². The molecule has 0 bridgehead atoms. The van der Waals surface area contributed by atoms with Crippen LogP contribution in [0.4, 0.5) is 0 Å². The molecule has 0 spiro atoms. The fraction of sp³-hybridized carbons (Fsp3) is 0.235. The van der Waals surface area contributed by atoms with Gasteiger partial charge in [-0.15, -0.1) is 22.7 Å². The van der Waals surface area contributed by atoms with Crippen LogP contribution in [0, 0.1) is 32.1 Å². The lowest BCUT2D eigenvalue weighted by atomic mass is 10.2. The number of carbonyl (C=O) groups is 1. The second kappa shape index (κ2) is 7.69. The maximum Gasteiger partial charge on any atom is 0.259 e. The Balaban J connectivity index is 1.67. The number of carbonyl (C=O) groups excluding carboxylic acids is 1. The lowest BCUT2D eigenvalue weighted by Gasteiger charge is -2.05. The van der Waals surface area contributed by atoms with Crippen molar-refractivity contribution in [1.82, 2.24) is 25.8 Å². The molecule has 0 aliphatic carbocycles. The number of fused-ring (bicyclic) bond motifs is 1. The number of H-pyrrole nitrogens is 1. The molecule has 0 aliphatic rings. The number of allylic oxidation sites excluding steroid dienone is 1. The number of amides is 1. The molecule has 10 heteroatoms. The molecule has 0 unspecified atom stereocenters. The summed E-state index contributed by atoms with van der Waals surface area (Å²) in [6.07, 6.45) is 1.28. The Morgan fingerprint density at radius 3 is 2.81 bits per heavy atom. The van der Waals surface area contributed by atoms with Gasteiger partial charge >= 0.3 is 0 Å². The number of nitrogens with one attached hydrogen (secondary N) is 3. The van der Waals surface area contributed by atoms with Crippen molar-refractivity contribution < 1.29 is 4.79 Å². The molecule has 3 N–H and O–H groups in total. The number of rotatable bonds is 5. The van der Waals surface area contributed by atoms with Crippen LogP contribution < -0.4 is 16.4 Å². The average molecular weight is 400 g/mol. The summed E-state index contributed by atoms with van der Waals surface area (Å²) >= 11 is 2.78. The quantitative estimate of drug-likeness (QED) is 0.445. The van der Waals surface area contributed by atoms with Crippen molar-refractivity contribution in [2.45, 2.75) is 27.2 Å². The molecular weight excluding hydrogens is 384 g/mol. The van der Waals surface area contributed by atoms with Gasteiger partial charge in [0, 0.05) is 22.2 Å². The zero-order valence-corrected chi connectivity index (χ0v) is 16.5. The topological polar surface area (TPSA) is 124 Å². The minimum Gasteiger partial charge on any atom is -0.309 e. The molecule has 3 heterocycles. The first-order valence-corrected chi connectivity index (χ1v) is 9.64. The Hall–Kier alpha value is -3.03. The number of nitrogens with zero attached hydrogens (tertiary/aromatic N) is 3. The normalized spacial score (nSPS) is 11.4. The van der Waals surface area contributed by atoms with E-state index in [-0.39, 0.29) is 17.8 Å². The monoisotopic (exact) mass is 400 g/mol. The standard InChI is InChI=1S/C17H16N6O2S2/c1-8-7-26-16(20-8)11(5-18)6-19-23-13(24)4-12-21-15(25)14-9(2)10(3)27-17(14)22-12/h6-7,19H,4H2,1-3H3,(H,23,24)(H,21,22,25)/b11-6+. The van der Waals surface area contributed by atoms with E-state index < -0.39 is 5.91 Å². The smallest absolute Gasteiger partial charge is 0.259 e. The van der Waals surface area contributed by atoms with E-state index in [9.17, 15) is 14.9 Å². The van der Waals surface area contributed by atoms with Crippen LogP contribution in [0.15, 0.2) is 16.4 Å². The van der Waals surface area contributed by atoms with E-state index in [2.05, 4.69) is 25.8 Å². The van der Waals surface area contributed by atoms with E-state index in [1.807, 2.05) is 32.2 Å². The first kappa shape index (κ1) is 18.8. The maximum absolute atomic E-state index is 12.2.